The molecule has 4 aromatic carbocycles. The quantitative estimate of drug-likeness (QED) is 0.307. The number of Topliss-reactive ketones (excluding diaryl/α,β-unsaturated/α-hetero) is 1. The molecule has 0 saturated heterocycles. The van der Waals surface area contributed by atoms with Crippen molar-refractivity contribution < 1.29 is 24.4 Å². The second-order valence-electron chi connectivity index (χ2n) is 9.71. The van der Waals surface area contributed by atoms with Crippen LogP contribution in [-0.2, 0) is 11.3 Å². The third-order valence-electron chi connectivity index (χ3n) is 7.32. The highest BCUT2D eigenvalue weighted by atomic mass is 16.6. The predicted octanol–water partition coefficient (Wildman–Crippen LogP) is 4.93. The number of benzene rings is 4. The fourth-order valence-electron chi connectivity index (χ4n) is 5.45. The standard InChI is InChI=1S/C29H22N2O6/c1-16(2)18-12-13-22-24(15-18)37-29(34)25-21(8-5-9-23(25)31(35)36)26(32)28(22,29)30-27(33)20-11-10-17-6-3-4-7-19(17)14-20/h3-16,34H,1-2H3,(H,30,33). The van der Waals surface area contributed by atoms with E-state index >= 15 is 0 Å². The Bertz CT molecular complexity index is 1660. The Morgan fingerprint density at radius 3 is 2.49 bits per heavy atom. The van der Waals surface area contributed by atoms with E-state index in [0.717, 1.165) is 16.3 Å². The van der Waals surface area contributed by atoms with Gasteiger partial charge in [0.2, 0.25) is 11.3 Å². The number of nitro groups is 1. The molecule has 0 radical (unpaired) electrons. The minimum absolute atomic E-state index is 0.0749. The van der Waals surface area contributed by atoms with E-state index in [0.29, 0.717) is 0 Å². The molecule has 0 spiro atoms. The van der Waals surface area contributed by atoms with Gasteiger partial charge in [0, 0.05) is 22.8 Å². The lowest BCUT2D eigenvalue weighted by molar-refractivity contribution is -0.388. The third-order valence-corrected chi connectivity index (χ3v) is 7.32. The number of ether oxygens (including phenoxy) is 1. The second kappa shape index (κ2) is 7.72. The lowest BCUT2D eigenvalue weighted by Crippen LogP contribution is -2.60. The maximum Gasteiger partial charge on any atom is 0.280 e. The lowest BCUT2D eigenvalue weighted by atomic mass is 9.81. The van der Waals surface area contributed by atoms with Crippen LogP contribution < -0.4 is 10.1 Å². The van der Waals surface area contributed by atoms with Crippen molar-refractivity contribution >= 4 is 28.2 Å². The van der Waals surface area contributed by atoms with Crippen molar-refractivity contribution in [3.63, 3.8) is 0 Å². The van der Waals surface area contributed by atoms with Gasteiger partial charge < -0.3 is 15.2 Å². The van der Waals surface area contributed by atoms with E-state index in [-0.39, 0.29) is 33.9 Å². The molecular weight excluding hydrogens is 472 g/mol. The molecule has 1 aliphatic heterocycles. The molecule has 0 aromatic heterocycles. The summed E-state index contributed by atoms with van der Waals surface area (Å²) < 4.78 is 6.02. The molecule has 8 nitrogen and oxygen atoms in total. The summed E-state index contributed by atoms with van der Waals surface area (Å²) in [6.07, 6.45) is 0. The van der Waals surface area contributed by atoms with E-state index in [4.69, 9.17) is 4.74 Å². The minimum Gasteiger partial charge on any atom is -0.454 e. The smallest absolute Gasteiger partial charge is 0.280 e. The molecule has 4 aromatic rings. The van der Waals surface area contributed by atoms with Crippen LogP contribution in [0.2, 0.25) is 0 Å². The van der Waals surface area contributed by atoms with Gasteiger partial charge in [-0.1, -0.05) is 68.4 Å². The third kappa shape index (κ3) is 2.99. The first-order chi connectivity index (χ1) is 17.7. The maximum absolute atomic E-state index is 14.1. The summed E-state index contributed by atoms with van der Waals surface area (Å²) in [4.78, 5) is 39.0. The largest absolute Gasteiger partial charge is 0.454 e. The van der Waals surface area contributed by atoms with Crippen molar-refractivity contribution in [2.45, 2.75) is 31.1 Å². The number of nitro benzene ring substituents is 1. The number of rotatable bonds is 4. The van der Waals surface area contributed by atoms with Gasteiger partial charge in [0.1, 0.15) is 11.3 Å². The summed E-state index contributed by atoms with van der Waals surface area (Å²) in [5.74, 6) is -3.53. The van der Waals surface area contributed by atoms with Gasteiger partial charge in [0.05, 0.1) is 4.92 Å². The molecule has 184 valence electrons. The molecule has 6 rings (SSSR count). The summed E-state index contributed by atoms with van der Waals surface area (Å²) >= 11 is 0. The number of nitrogens with one attached hydrogen (secondary N) is 1. The number of ketones is 1. The van der Waals surface area contributed by atoms with Crippen LogP contribution in [-0.4, -0.2) is 21.7 Å². The monoisotopic (exact) mass is 494 g/mol. The van der Waals surface area contributed by atoms with E-state index in [1.165, 1.54) is 18.2 Å². The van der Waals surface area contributed by atoms with E-state index < -0.39 is 33.6 Å². The Labute approximate surface area is 211 Å². The molecule has 37 heavy (non-hydrogen) atoms. The van der Waals surface area contributed by atoms with Crippen molar-refractivity contribution in [1.29, 1.82) is 0 Å². The van der Waals surface area contributed by atoms with Crippen molar-refractivity contribution in [1.82, 2.24) is 5.32 Å². The molecule has 1 aliphatic carbocycles. The number of carbonyl (C=O) groups is 2. The van der Waals surface area contributed by atoms with Gasteiger partial charge in [-0.25, -0.2) is 0 Å². The summed E-state index contributed by atoms with van der Waals surface area (Å²) in [5, 5.41) is 28.5. The van der Waals surface area contributed by atoms with Gasteiger partial charge in [-0.2, -0.15) is 0 Å². The number of fused-ring (bicyclic) bond motifs is 6. The summed E-state index contributed by atoms with van der Waals surface area (Å²) in [6, 6.07) is 21.7. The molecule has 8 heteroatoms. The zero-order valence-corrected chi connectivity index (χ0v) is 20.0. The molecule has 2 N–H and O–H groups in total. The Morgan fingerprint density at radius 2 is 1.76 bits per heavy atom. The van der Waals surface area contributed by atoms with Crippen LogP contribution in [0, 0.1) is 10.1 Å². The van der Waals surface area contributed by atoms with Gasteiger partial charge in [-0.15, -0.1) is 0 Å². The van der Waals surface area contributed by atoms with E-state index in [1.807, 2.05) is 38.1 Å². The summed E-state index contributed by atoms with van der Waals surface area (Å²) in [7, 11) is 0. The zero-order valence-electron chi connectivity index (χ0n) is 20.0. The number of amides is 1. The average Bonchev–Trinajstić information content (AvgIpc) is 3.25. The minimum atomic E-state index is -2.52. The van der Waals surface area contributed by atoms with Gasteiger partial charge in [0.25, 0.3) is 17.4 Å². The van der Waals surface area contributed by atoms with E-state index in [9.17, 15) is 24.8 Å². The highest BCUT2D eigenvalue weighted by Crippen LogP contribution is 2.60. The average molecular weight is 495 g/mol. The highest BCUT2D eigenvalue weighted by molar-refractivity contribution is 6.14. The van der Waals surface area contributed by atoms with Gasteiger partial charge in [-0.05, 0) is 40.5 Å². The van der Waals surface area contributed by atoms with Crippen LogP contribution in [0.5, 0.6) is 5.75 Å². The first kappa shape index (κ1) is 22.9. The number of carbonyl (C=O) groups excluding carboxylic acids is 2. The second-order valence-corrected chi connectivity index (χ2v) is 9.71. The van der Waals surface area contributed by atoms with E-state index in [1.54, 1.807) is 36.4 Å². The molecule has 2 unspecified atom stereocenters. The molecule has 2 aliphatic rings. The van der Waals surface area contributed by atoms with Gasteiger partial charge in [-0.3, -0.25) is 19.7 Å². The normalized spacial score (nSPS) is 21.4. The molecular formula is C29H22N2O6. The Balaban J connectivity index is 1.56. The number of nitrogens with zero attached hydrogens (tertiary/aromatic N) is 1. The van der Waals surface area contributed by atoms with Crippen LogP contribution in [0.15, 0.2) is 78.9 Å². The van der Waals surface area contributed by atoms with Crippen LogP contribution in [0.25, 0.3) is 10.8 Å². The molecule has 2 atom stereocenters. The van der Waals surface area contributed by atoms with Crippen LogP contribution >= 0.6 is 0 Å². The van der Waals surface area contributed by atoms with Crippen LogP contribution in [0.1, 0.15) is 57.2 Å². The van der Waals surface area contributed by atoms with Crippen LogP contribution in [0.3, 0.4) is 0 Å². The molecule has 0 fully saturated rings. The molecule has 1 heterocycles. The van der Waals surface area contributed by atoms with Crippen molar-refractivity contribution in [3.05, 3.63) is 117 Å². The number of hydrogen-bond acceptors (Lipinski definition) is 6. The number of hydrogen-bond donors (Lipinski definition) is 2. The lowest BCUT2D eigenvalue weighted by Gasteiger charge is -2.34. The van der Waals surface area contributed by atoms with Crippen molar-refractivity contribution in [3.8, 4) is 5.75 Å². The fourth-order valence-corrected chi connectivity index (χ4v) is 5.45. The molecule has 0 bridgehead atoms. The Hall–Kier alpha value is -4.56. The number of aliphatic hydroxyl groups is 1. The topological polar surface area (TPSA) is 119 Å². The SMILES string of the molecule is CC(C)c1ccc2c(c1)OC1(O)c3c(cccc3[N+](=O)[O-])C(=O)C21NC(=O)c1ccc2ccccc2c1. The first-order valence-electron chi connectivity index (χ1n) is 11.9. The Morgan fingerprint density at radius 1 is 1.00 bits per heavy atom. The first-order valence-corrected chi connectivity index (χ1v) is 11.9. The van der Waals surface area contributed by atoms with Crippen molar-refractivity contribution in [2.75, 3.05) is 0 Å². The Kier molecular flexibility index (Phi) is 4.77. The predicted molar refractivity (Wildman–Crippen MR) is 136 cm³/mol. The van der Waals surface area contributed by atoms with Gasteiger partial charge in [0.15, 0.2) is 0 Å². The van der Waals surface area contributed by atoms with Crippen LogP contribution in [0.4, 0.5) is 5.69 Å². The molecule has 1 amide bonds. The van der Waals surface area contributed by atoms with Gasteiger partial charge >= 0.3 is 0 Å². The van der Waals surface area contributed by atoms with Crippen molar-refractivity contribution in [2.24, 2.45) is 0 Å². The fraction of sp³-hybridized carbons (Fsp3) is 0.172. The molecule has 0 saturated carbocycles. The summed E-state index contributed by atoms with van der Waals surface area (Å²) in [6.45, 7) is 3.96. The van der Waals surface area contributed by atoms with E-state index in [2.05, 4.69) is 5.32 Å². The maximum atomic E-state index is 14.1. The zero-order chi connectivity index (χ0) is 26.1. The highest BCUT2D eigenvalue weighted by Gasteiger charge is 2.73. The summed E-state index contributed by atoms with van der Waals surface area (Å²) in [5.41, 5.74) is -1.54.